The van der Waals surface area contributed by atoms with Gasteiger partial charge in [-0.1, -0.05) is 38.5 Å². The zero-order valence-electron chi connectivity index (χ0n) is 12.4. The van der Waals surface area contributed by atoms with E-state index in [1.54, 1.807) is 0 Å². The molecule has 0 bridgehead atoms. The Balaban J connectivity index is 2.77. The molecule has 1 N–H and O–H groups in total. The molecule has 0 aliphatic carbocycles. The molecule has 1 atom stereocenters. The molecule has 2 heteroatoms. The van der Waals surface area contributed by atoms with E-state index in [1.165, 1.54) is 30.5 Å². The van der Waals surface area contributed by atoms with E-state index < -0.39 is 0 Å². The average molecular weight is 248 g/mol. The summed E-state index contributed by atoms with van der Waals surface area (Å²) in [6, 6.07) is 9.16. The Morgan fingerprint density at radius 3 is 2.56 bits per heavy atom. The Hall–Kier alpha value is -1.02. The number of hydrogen-bond acceptors (Lipinski definition) is 2. The van der Waals surface area contributed by atoms with E-state index in [4.69, 9.17) is 0 Å². The fourth-order valence-corrected chi connectivity index (χ4v) is 2.19. The molecule has 1 aromatic carbocycles. The molecule has 0 amide bonds. The van der Waals surface area contributed by atoms with Gasteiger partial charge in [0.15, 0.2) is 0 Å². The lowest BCUT2D eigenvalue weighted by Crippen LogP contribution is -2.24. The summed E-state index contributed by atoms with van der Waals surface area (Å²) in [4.78, 5) is 2.38. The lowest BCUT2D eigenvalue weighted by molar-refractivity contribution is 0.569. The van der Waals surface area contributed by atoms with Crippen molar-refractivity contribution in [3.63, 3.8) is 0 Å². The van der Waals surface area contributed by atoms with Gasteiger partial charge in [0.05, 0.1) is 0 Å². The van der Waals surface area contributed by atoms with Gasteiger partial charge in [0, 0.05) is 25.3 Å². The highest BCUT2D eigenvalue weighted by molar-refractivity contribution is 5.54. The first-order valence-electron chi connectivity index (χ1n) is 7.24. The number of nitrogens with zero attached hydrogens (tertiary/aromatic N) is 1. The number of unbranched alkanes of at least 4 members (excludes halogenated alkanes) is 1. The Labute approximate surface area is 112 Å². The maximum absolute atomic E-state index is 3.57. The summed E-state index contributed by atoms with van der Waals surface area (Å²) >= 11 is 0. The molecule has 0 heterocycles. The minimum absolute atomic E-state index is 0.422. The van der Waals surface area contributed by atoms with Crippen molar-refractivity contribution in [2.45, 2.75) is 46.1 Å². The van der Waals surface area contributed by atoms with Crippen LogP contribution in [0.2, 0.25) is 0 Å². The molecule has 102 valence electrons. The van der Waals surface area contributed by atoms with Crippen LogP contribution in [0.1, 0.15) is 51.6 Å². The Kier molecular flexibility index (Phi) is 6.81. The van der Waals surface area contributed by atoms with E-state index in [-0.39, 0.29) is 0 Å². The molecule has 0 aromatic heterocycles. The van der Waals surface area contributed by atoms with Gasteiger partial charge in [0.1, 0.15) is 0 Å². The fraction of sp³-hybridized carbons (Fsp3) is 0.625. The third-order valence-corrected chi connectivity index (χ3v) is 3.36. The van der Waals surface area contributed by atoms with Gasteiger partial charge in [-0.15, -0.1) is 0 Å². The summed E-state index contributed by atoms with van der Waals surface area (Å²) in [5.41, 5.74) is 2.77. The molecule has 0 fully saturated rings. The van der Waals surface area contributed by atoms with Crippen LogP contribution < -0.4 is 10.2 Å². The van der Waals surface area contributed by atoms with Crippen molar-refractivity contribution < 1.29 is 0 Å². The van der Waals surface area contributed by atoms with Gasteiger partial charge in [-0.05, 0) is 37.9 Å². The van der Waals surface area contributed by atoms with Gasteiger partial charge >= 0.3 is 0 Å². The zero-order valence-corrected chi connectivity index (χ0v) is 12.4. The second kappa shape index (κ2) is 8.15. The SMILES string of the molecule is CCCCN(C)c1ccccc1C(C)NCCC. The number of anilines is 1. The predicted octanol–water partition coefficient (Wildman–Crippen LogP) is 3.98. The normalized spacial score (nSPS) is 12.4. The van der Waals surface area contributed by atoms with Crippen molar-refractivity contribution in [1.82, 2.24) is 5.32 Å². The number of hydrogen-bond donors (Lipinski definition) is 1. The Morgan fingerprint density at radius 1 is 1.17 bits per heavy atom. The maximum Gasteiger partial charge on any atom is 0.0412 e. The van der Waals surface area contributed by atoms with Crippen molar-refractivity contribution in [3.05, 3.63) is 29.8 Å². The summed E-state index contributed by atoms with van der Waals surface area (Å²) in [6.45, 7) is 8.91. The molecule has 18 heavy (non-hydrogen) atoms. The molecule has 0 saturated carbocycles. The van der Waals surface area contributed by atoms with Crippen molar-refractivity contribution in [1.29, 1.82) is 0 Å². The molecule has 2 nitrogen and oxygen atoms in total. The van der Waals surface area contributed by atoms with Gasteiger partial charge < -0.3 is 10.2 Å². The molecular weight excluding hydrogens is 220 g/mol. The first-order valence-corrected chi connectivity index (χ1v) is 7.24. The number of para-hydroxylation sites is 1. The highest BCUT2D eigenvalue weighted by Crippen LogP contribution is 2.25. The van der Waals surface area contributed by atoms with Gasteiger partial charge in [-0.3, -0.25) is 0 Å². The van der Waals surface area contributed by atoms with Crippen LogP contribution in [-0.2, 0) is 0 Å². The topological polar surface area (TPSA) is 15.3 Å². The highest BCUT2D eigenvalue weighted by atomic mass is 15.1. The maximum atomic E-state index is 3.57. The number of rotatable bonds is 8. The minimum atomic E-state index is 0.422. The summed E-state index contributed by atoms with van der Waals surface area (Å²) < 4.78 is 0. The van der Waals surface area contributed by atoms with Crippen molar-refractivity contribution in [2.75, 3.05) is 25.0 Å². The molecule has 1 rings (SSSR count). The quantitative estimate of drug-likeness (QED) is 0.748. The molecule has 1 aromatic rings. The van der Waals surface area contributed by atoms with Crippen molar-refractivity contribution >= 4 is 5.69 Å². The largest absolute Gasteiger partial charge is 0.374 e. The number of nitrogens with one attached hydrogen (secondary N) is 1. The summed E-state index contributed by atoms with van der Waals surface area (Å²) in [5.74, 6) is 0. The lowest BCUT2D eigenvalue weighted by atomic mass is 10.0. The molecular formula is C16H28N2. The van der Waals surface area contributed by atoms with Crippen LogP contribution in [0.3, 0.4) is 0 Å². The Morgan fingerprint density at radius 2 is 1.89 bits per heavy atom. The van der Waals surface area contributed by atoms with Crippen LogP contribution in [0.15, 0.2) is 24.3 Å². The van der Waals surface area contributed by atoms with Crippen LogP contribution in [0.4, 0.5) is 5.69 Å². The second-order valence-electron chi connectivity index (χ2n) is 5.01. The molecule has 0 aliphatic rings. The van der Waals surface area contributed by atoms with Crippen LogP contribution in [-0.4, -0.2) is 20.1 Å². The highest BCUT2D eigenvalue weighted by Gasteiger charge is 2.11. The van der Waals surface area contributed by atoms with Gasteiger partial charge in [-0.2, -0.15) is 0 Å². The lowest BCUT2D eigenvalue weighted by Gasteiger charge is -2.25. The fourth-order valence-electron chi connectivity index (χ4n) is 2.19. The minimum Gasteiger partial charge on any atom is -0.374 e. The molecule has 0 radical (unpaired) electrons. The third kappa shape index (κ3) is 4.34. The monoisotopic (exact) mass is 248 g/mol. The van der Waals surface area contributed by atoms with Crippen molar-refractivity contribution in [2.24, 2.45) is 0 Å². The van der Waals surface area contributed by atoms with E-state index in [9.17, 15) is 0 Å². The van der Waals surface area contributed by atoms with Crippen LogP contribution in [0.25, 0.3) is 0 Å². The summed E-state index contributed by atoms with van der Waals surface area (Å²) in [7, 11) is 2.20. The molecule has 0 saturated heterocycles. The molecule has 0 spiro atoms. The zero-order chi connectivity index (χ0) is 13.4. The van der Waals surface area contributed by atoms with Gasteiger partial charge in [0.2, 0.25) is 0 Å². The average Bonchev–Trinajstić information content (AvgIpc) is 2.42. The number of benzene rings is 1. The van der Waals surface area contributed by atoms with E-state index in [2.05, 4.69) is 62.3 Å². The van der Waals surface area contributed by atoms with Crippen LogP contribution in [0.5, 0.6) is 0 Å². The first kappa shape index (κ1) is 15.0. The molecule has 0 aliphatic heterocycles. The van der Waals surface area contributed by atoms with E-state index >= 15 is 0 Å². The van der Waals surface area contributed by atoms with Crippen LogP contribution >= 0.6 is 0 Å². The van der Waals surface area contributed by atoms with Gasteiger partial charge in [0.25, 0.3) is 0 Å². The first-order chi connectivity index (χ1) is 8.70. The van der Waals surface area contributed by atoms with Crippen molar-refractivity contribution in [3.8, 4) is 0 Å². The molecule has 1 unspecified atom stereocenters. The van der Waals surface area contributed by atoms with E-state index in [1.807, 2.05) is 0 Å². The Bertz CT molecular complexity index is 303. The summed E-state index contributed by atoms with van der Waals surface area (Å²) in [6.07, 6.45) is 3.68. The smallest absolute Gasteiger partial charge is 0.0412 e. The third-order valence-electron chi connectivity index (χ3n) is 3.36. The van der Waals surface area contributed by atoms with Gasteiger partial charge in [-0.25, -0.2) is 0 Å². The summed E-state index contributed by atoms with van der Waals surface area (Å²) in [5, 5.41) is 3.57. The standard InChI is InChI=1S/C16H28N2/c1-5-7-13-18(4)16-11-9-8-10-15(16)14(3)17-12-6-2/h8-11,14,17H,5-7,12-13H2,1-4H3. The van der Waals surface area contributed by atoms with Crippen LogP contribution in [0, 0.1) is 0 Å². The van der Waals surface area contributed by atoms with E-state index in [0.717, 1.165) is 13.1 Å². The van der Waals surface area contributed by atoms with E-state index in [0.29, 0.717) is 6.04 Å². The second-order valence-corrected chi connectivity index (χ2v) is 5.01. The predicted molar refractivity (Wildman–Crippen MR) is 81.3 cm³/mol.